The predicted molar refractivity (Wildman–Crippen MR) is 128 cm³/mol. The molecule has 0 spiro atoms. The second kappa shape index (κ2) is 9.22. The molecule has 5 rings (SSSR count). The number of likely N-dealkylation sites (tertiary alicyclic amines) is 1. The fourth-order valence-electron chi connectivity index (χ4n) is 6.00. The molecular formula is C27H32N2O2S. The number of hydrogen-bond donors (Lipinski definition) is 0. The molecule has 0 N–H and O–H groups in total. The molecule has 2 aliphatic carbocycles. The van der Waals surface area contributed by atoms with E-state index in [0.29, 0.717) is 23.7 Å². The number of likely N-dealkylation sites (N-methyl/N-ethyl adjacent to an activating group) is 1. The third-order valence-corrected chi connectivity index (χ3v) is 8.69. The number of nitrogens with zero attached hydrogens (tertiary/aromatic N) is 2. The molecule has 2 fully saturated rings. The van der Waals surface area contributed by atoms with Gasteiger partial charge in [0.1, 0.15) is 0 Å². The molecule has 168 valence electrons. The van der Waals surface area contributed by atoms with Crippen LogP contribution in [-0.2, 0) is 11.2 Å². The maximum Gasteiger partial charge on any atom is 0.263 e. The number of allylic oxidation sites excluding steroid dienone is 2. The lowest BCUT2D eigenvalue weighted by molar-refractivity contribution is -0.138. The molecule has 32 heavy (non-hydrogen) atoms. The van der Waals surface area contributed by atoms with E-state index in [1.165, 1.54) is 23.3 Å². The van der Waals surface area contributed by atoms with Gasteiger partial charge in [-0.25, -0.2) is 0 Å². The third kappa shape index (κ3) is 4.27. The Balaban J connectivity index is 1.27. The van der Waals surface area contributed by atoms with Crippen LogP contribution in [0.2, 0.25) is 0 Å². The van der Waals surface area contributed by atoms with E-state index in [2.05, 4.69) is 41.3 Å². The Bertz CT molecular complexity index is 963. The zero-order chi connectivity index (χ0) is 22.1. The lowest BCUT2D eigenvalue weighted by Gasteiger charge is -2.41. The summed E-state index contributed by atoms with van der Waals surface area (Å²) in [5, 5.41) is 1.96. The summed E-state index contributed by atoms with van der Waals surface area (Å²) in [6.45, 7) is 1.63. The summed E-state index contributed by atoms with van der Waals surface area (Å²) in [7, 11) is 1.95. The summed E-state index contributed by atoms with van der Waals surface area (Å²) in [5.74, 6) is 2.15. The fraction of sp³-hybridized carbons (Fsp3) is 0.481. The van der Waals surface area contributed by atoms with Gasteiger partial charge in [0.25, 0.3) is 5.91 Å². The zero-order valence-electron chi connectivity index (χ0n) is 18.7. The van der Waals surface area contributed by atoms with Crippen LogP contribution in [0, 0.1) is 23.7 Å². The smallest absolute Gasteiger partial charge is 0.263 e. The molecule has 5 heteroatoms. The van der Waals surface area contributed by atoms with Crippen LogP contribution in [0.4, 0.5) is 0 Å². The van der Waals surface area contributed by atoms with E-state index in [1.54, 1.807) is 0 Å². The van der Waals surface area contributed by atoms with E-state index in [4.69, 9.17) is 0 Å². The van der Waals surface area contributed by atoms with Crippen LogP contribution < -0.4 is 0 Å². The number of carbonyl (C=O) groups is 2. The van der Waals surface area contributed by atoms with Crippen molar-refractivity contribution < 1.29 is 9.59 Å². The van der Waals surface area contributed by atoms with Crippen LogP contribution in [0.15, 0.2) is 60.0 Å². The van der Waals surface area contributed by atoms with Crippen LogP contribution in [0.5, 0.6) is 0 Å². The van der Waals surface area contributed by atoms with Crippen LogP contribution in [0.1, 0.15) is 40.9 Å². The molecule has 2 heterocycles. The minimum atomic E-state index is 0.105. The van der Waals surface area contributed by atoms with Gasteiger partial charge in [-0.15, -0.1) is 11.3 Å². The number of rotatable bonds is 6. The largest absolute Gasteiger partial charge is 0.342 e. The molecule has 4 nitrogen and oxygen atoms in total. The number of thiophene rings is 1. The Morgan fingerprint density at radius 3 is 2.47 bits per heavy atom. The molecule has 3 aliphatic rings. The summed E-state index contributed by atoms with van der Waals surface area (Å²) < 4.78 is 0. The number of benzene rings is 1. The minimum absolute atomic E-state index is 0.105. The first-order chi connectivity index (χ1) is 15.6. The standard InChI is InChI=1S/C27H32N2O2S/c1-28(27(31)25-8-5-15-32-25)24(18-19-6-3-2-4-7-19)21-11-13-29(14-12-21)26(30)23-17-20-9-10-22(23)16-20/h2-10,15,20-24H,11-14,16-18H2,1H3/t20-,22+,23+,24?/m0/s1. The molecule has 2 aromatic rings. The molecule has 2 bridgehead atoms. The van der Waals surface area contributed by atoms with Gasteiger partial charge in [0.2, 0.25) is 5.91 Å². The highest BCUT2D eigenvalue weighted by atomic mass is 32.1. The maximum atomic E-state index is 13.2. The highest BCUT2D eigenvalue weighted by molar-refractivity contribution is 7.12. The van der Waals surface area contributed by atoms with Crippen LogP contribution in [-0.4, -0.2) is 47.8 Å². The Kier molecular flexibility index (Phi) is 6.18. The van der Waals surface area contributed by atoms with Crippen LogP contribution in [0.3, 0.4) is 0 Å². The summed E-state index contributed by atoms with van der Waals surface area (Å²) in [5.41, 5.74) is 1.26. The second-order valence-corrected chi connectivity index (χ2v) is 10.6. The number of piperidine rings is 1. The lowest BCUT2D eigenvalue weighted by atomic mass is 9.84. The van der Waals surface area contributed by atoms with Crippen molar-refractivity contribution in [2.75, 3.05) is 20.1 Å². The van der Waals surface area contributed by atoms with E-state index >= 15 is 0 Å². The summed E-state index contributed by atoms with van der Waals surface area (Å²) in [6.07, 6.45) is 9.55. The Labute approximate surface area is 194 Å². The predicted octanol–water partition coefficient (Wildman–Crippen LogP) is 4.88. The van der Waals surface area contributed by atoms with Crippen molar-refractivity contribution >= 4 is 23.2 Å². The van der Waals surface area contributed by atoms with Gasteiger partial charge >= 0.3 is 0 Å². The number of fused-ring (bicyclic) bond motifs is 2. The van der Waals surface area contributed by atoms with Gasteiger partial charge in [0, 0.05) is 32.1 Å². The monoisotopic (exact) mass is 448 g/mol. The minimum Gasteiger partial charge on any atom is -0.342 e. The van der Waals surface area contributed by atoms with Crippen molar-refractivity contribution in [3.63, 3.8) is 0 Å². The molecule has 4 atom stereocenters. The Morgan fingerprint density at radius 1 is 1.06 bits per heavy atom. The third-order valence-electron chi connectivity index (χ3n) is 7.83. The topological polar surface area (TPSA) is 40.6 Å². The van der Waals surface area contributed by atoms with Gasteiger partial charge in [-0.1, -0.05) is 48.6 Å². The van der Waals surface area contributed by atoms with Crippen molar-refractivity contribution in [1.82, 2.24) is 9.80 Å². The summed E-state index contributed by atoms with van der Waals surface area (Å²) in [4.78, 5) is 31.2. The average molecular weight is 449 g/mol. The molecule has 1 aromatic carbocycles. The zero-order valence-corrected chi connectivity index (χ0v) is 19.5. The normalized spacial score (nSPS) is 25.8. The SMILES string of the molecule is CN(C(=O)c1cccs1)C(Cc1ccccc1)C1CCN(C(=O)[C@@H]2C[C@H]3C=C[C@@H]2C3)CC1. The summed E-state index contributed by atoms with van der Waals surface area (Å²) >= 11 is 1.50. The van der Waals surface area contributed by atoms with E-state index in [9.17, 15) is 9.59 Å². The Hall–Kier alpha value is -2.40. The molecule has 1 saturated heterocycles. The van der Waals surface area contributed by atoms with Crippen molar-refractivity contribution in [3.05, 3.63) is 70.4 Å². The van der Waals surface area contributed by atoms with Gasteiger partial charge in [-0.2, -0.15) is 0 Å². The van der Waals surface area contributed by atoms with Gasteiger partial charge in [0.15, 0.2) is 0 Å². The number of carbonyl (C=O) groups excluding carboxylic acids is 2. The van der Waals surface area contributed by atoms with Crippen molar-refractivity contribution in [3.8, 4) is 0 Å². The first-order valence-corrected chi connectivity index (χ1v) is 12.8. The van der Waals surface area contributed by atoms with E-state index in [0.717, 1.165) is 43.6 Å². The van der Waals surface area contributed by atoms with E-state index in [-0.39, 0.29) is 17.9 Å². The number of hydrogen-bond acceptors (Lipinski definition) is 3. The average Bonchev–Trinajstić information content (AvgIpc) is 3.61. The molecule has 0 radical (unpaired) electrons. The second-order valence-electron chi connectivity index (χ2n) is 9.70. The van der Waals surface area contributed by atoms with E-state index in [1.807, 2.05) is 35.5 Å². The highest BCUT2D eigenvalue weighted by Crippen LogP contribution is 2.44. The van der Waals surface area contributed by atoms with Gasteiger partial charge in [-0.3, -0.25) is 9.59 Å². The van der Waals surface area contributed by atoms with Crippen molar-refractivity contribution in [1.29, 1.82) is 0 Å². The first kappa shape index (κ1) is 21.4. The molecule has 2 amide bonds. The highest BCUT2D eigenvalue weighted by Gasteiger charge is 2.42. The summed E-state index contributed by atoms with van der Waals surface area (Å²) in [6, 6.07) is 14.5. The van der Waals surface area contributed by atoms with Crippen molar-refractivity contribution in [2.24, 2.45) is 23.7 Å². The Morgan fingerprint density at radius 2 is 1.84 bits per heavy atom. The maximum absolute atomic E-state index is 13.2. The van der Waals surface area contributed by atoms with Crippen molar-refractivity contribution in [2.45, 2.75) is 38.1 Å². The van der Waals surface area contributed by atoms with Crippen LogP contribution >= 0.6 is 11.3 Å². The fourth-order valence-corrected chi connectivity index (χ4v) is 6.71. The van der Waals surface area contributed by atoms with Crippen LogP contribution in [0.25, 0.3) is 0 Å². The van der Waals surface area contributed by atoms with Gasteiger partial charge in [-0.05, 0) is 66.9 Å². The van der Waals surface area contributed by atoms with Gasteiger partial charge < -0.3 is 9.80 Å². The molecule has 1 saturated carbocycles. The lowest BCUT2D eigenvalue weighted by Crippen LogP contribution is -2.49. The molecule has 1 aromatic heterocycles. The molecule has 1 aliphatic heterocycles. The molecule has 1 unspecified atom stereocenters. The quantitative estimate of drug-likeness (QED) is 0.591. The van der Waals surface area contributed by atoms with Gasteiger partial charge in [0.05, 0.1) is 4.88 Å². The number of amides is 2. The van der Waals surface area contributed by atoms with E-state index < -0.39 is 0 Å². The first-order valence-electron chi connectivity index (χ1n) is 11.9. The molecular weight excluding hydrogens is 416 g/mol.